The fourth-order valence-corrected chi connectivity index (χ4v) is 2.42. The van der Waals surface area contributed by atoms with Crippen molar-refractivity contribution in [3.8, 4) is 0 Å². The Morgan fingerprint density at radius 1 is 1.33 bits per heavy atom. The smallest absolute Gasteiger partial charge is 0.0678 e. The molecule has 0 fully saturated rings. The van der Waals surface area contributed by atoms with E-state index in [1.165, 1.54) is 5.56 Å². The number of fused-ring (bicyclic) bond motifs is 1. The molecule has 0 atom stereocenters. The van der Waals surface area contributed by atoms with E-state index in [1.54, 1.807) is 0 Å². The summed E-state index contributed by atoms with van der Waals surface area (Å²) in [5.74, 6) is 0. The van der Waals surface area contributed by atoms with Crippen LogP contribution in [0.25, 0.3) is 0 Å². The average Bonchev–Trinajstić information content (AvgIpc) is 2.29. The largest absolute Gasteiger partial charge is 0.260 e. The molecule has 0 spiro atoms. The topological polar surface area (TPSA) is 12.4 Å². The molecule has 1 aromatic carbocycles. The van der Waals surface area contributed by atoms with Crippen molar-refractivity contribution in [2.24, 2.45) is 4.99 Å². The van der Waals surface area contributed by atoms with Gasteiger partial charge in [-0.2, -0.15) is 0 Å². The molecule has 0 N–H and O–H groups in total. The number of halogens is 1. The van der Waals surface area contributed by atoms with Gasteiger partial charge < -0.3 is 0 Å². The van der Waals surface area contributed by atoms with E-state index in [0.717, 1.165) is 10.2 Å². The molecule has 0 unspecified atom stereocenters. The summed E-state index contributed by atoms with van der Waals surface area (Å²) < 4.78 is 1.16. The van der Waals surface area contributed by atoms with Crippen LogP contribution in [0.1, 0.15) is 19.4 Å². The summed E-state index contributed by atoms with van der Waals surface area (Å²) in [5.41, 5.74) is 2.47. The van der Waals surface area contributed by atoms with Crippen LogP contribution in [-0.4, -0.2) is 6.21 Å². The predicted octanol–water partition coefficient (Wildman–Crippen LogP) is 3.44. The lowest BCUT2D eigenvalue weighted by molar-refractivity contribution is 0.748. The number of rotatable bonds is 0. The van der Waals surface area contributed by atoms with Crippen LogP contribution in [0.2, 0.25) is 0 Å². The van der Waals surface area contributed by atoms with Gasteiger partial charge in [-0.3, -0.25) is 4.99 Å². The van der Waals surface area contributed by atoms with Gasteiger partial charge in [-0.05, 0) is 12.1 Å². The minimum absolute atomic E-state index is 0.0788. The van der Waals surface area contributed by atoms with Crippen molar-refractivity contribution in [3.05, 3.63) is 28.2 Å². The normalized spacial score (nSPS) is 17.9. The van der Waals surface area contributed by atoms with Gasteiger partial charge in [0.05, 0.1) is 5.69 Å². The Morgan fingerprint density at radius 3 is 2.75 bits per heavy atom. The molecule has 0 aromatic heterocycles. The molecule has 2 rings (SSSR count). The zero-order valence-corrected chi connectivity index (χ0v) is 8.72. The third kappa shape index (κ3) is 1.02. The summed E-state index contributed by atoms with van der Waals surface area (Å²) in [5, 5.41) is 0. The molecular weight excluding hydrogens is 214 g/mol. The average molecular weight is 224 g/mol. The van der Waals surface area contributed by atoms with Crippen molar-refractivity contribution in [2.75, 3.05) is 0 Å². The molecule has 0 aliphatic carbocycles. The third-order valence-corrected chi connectivity index (χ3v) is 2.82. The molecule has 0 saturated carbocycles. The maximum absolute atomic E-state index is 4.36. The van der Waals surface area contributed by atoms with Crippen LogP contribution in [-0.2, 0) is 5.41 Å². The molecule has 0 saturated heterocycles. The van der Waals surface area contributed by atoms with Crippen LogP contribution in [0.4, 0.5) is 5.69 Å². The molecule has 0 bridgehead atoms. The summed E-state index contributed by atoms with van der Waals surface area (Å²) in [7, 11) is 0. The van der Waals surface area contributed by atoms with Gasteiger partial charge in [0.15, 0.2) is 0 Å². The minimum atomic E-state index is 0.0788. The molecule has 62 valence electrons. The van der Waals surface area contributed by atoms with E-state index in [4.69, 9.17) is 0 Å². The Kier molecular flexibility index (Phi) is 1.62. The number of benzene rings is 1. The Hall–Kier alpha value is -0.630. The van der Waals surface area contributed by atoms with Gasteiger partial charge in [-0.15, -0.1) is 0 Å². The Bertz CT molecular complexity index is 353. The van der Waals surface area contributed by atoms with Gasteiger partial charge in [-0.1, -0.05) is 35.8 Å². The molecule has 0 amide bonds. The first-order chi connectivity index (χ1) is 5.61. The van der Waals surface area contributed by atoms with Crippen molar-refractivity contribution in [3.63, 3.8) is 0 Å². The van der Waals surface area contributed by atoms with E-state index < -0.39 is 0 Å². The number of hydrogen-bond donors (Lipinski definition) is 0. The van der Waals surface area contributed by atoms with Gasteiger partial charge >= 0.3 is 0 Å². The molecule has 2 heteroatoms. The zero-order valence-electron chi connectivity index (χ0n) is 7.13. The molecule has 1 heterocycles. The quantitative estimate of drug-likeness (QED) is 0.640. The van der Waals surface area contributed by atoms with Crippen molar-refractivity contribution in [2.45, 2.75) is 19.3 Å². The van der Waals surface area contributed by atoms with E-state index in [-0.39, 0.29) is 5.41 Å². The highest BCUT2D eigenvalue weighted by Crippen LogP contribution is 2.40. The second-order valence-corrected chi connectivity index (χ2v) is 4.47. The van der Waals surface area contributed by atoms with E-state index >= 15 is 0 Å². The van der Waals surface area contributed by atoms with Gasteiger partial charge in [0.25, 0.3) is 0 Å². The molecule has 1 nitrogen and oxygen atoms in total. The van der Waals surface area contributed by atoms with Crippen LogP contribution in [0, 0.1) is 0 Å². The highest BCUT2D eigenvalue weighted by Gasteiger charge is 2.28. The van der Waals surface area contributed by atoms with Crippen LogP contribution >= 0.6 is 15.9 Å². The summed E-state index contributed by atoms with van der Waals surface area (Å²) in [6.45, 7) is 4.35. The number of nitrogens with zero attached hydrogens (tertiary/aromatic N) is 1. The van der Waals surface area contributed by atoms with E-state index in [0.29, 0.717) is 0 Å². The van der Waals surface area contributed by atoms with Crippen LogP contribution in [0.5, 0.6) is 0 Å². The number of hydrogen-bond acceptors (Lipinski definition) is 1. The summed E-state index contributed by atoms with van der Waals surface area (Å²) in [4.78, 5) is 4.36. The van der Waals surface area contributed by atoms with Crippen molar-refractivity contribution in [1.29, 1.82) is 0 Å². The lowest BCUT2D eigenvalue weighted by Gasteiger charge is -2.16. The van der Waals surface area contributed by atoms with Crippen LogP contribution in [0.3, 0.4) is 0 Å². The van der Waals surface area contributed by atoms with E-state index in [9.17, 15) is 0 Å². The van der Waals surface area contributed by atoms with Gasteiger partial charge in [0, 0.05) is 21.7 Å². The van der Waals surface area contributed by atoms with Crippen LogP contribution in [0.15, 0.2) is 27.7 Å². The zero-order chi connectivity index (χ0) is 8.77. The lowest BCUT2D eigenvalue weighted by atomic mass is 9.87. The fourth-order valence-electron chi connectivity index (χ4n) is 1.55. The molecule has 1 aliphatic heterocycles. The first-order valence-electron chi connectivity index (χ1n) is 3.95. The Morgan fingerprint density at radius 2 is 2.08 bits per heavy atom. The summed E-state index contributed by atoms with van der Waals surface area (Å²) in [6, 6.07) is 6.13. The SMILES string of the molecule is CC1(C)C=Nc2cccc(Br)c21. The maximum Gasteiger partial charge on any atom is 0.0678 e. The third-order valence-electron chi connectivity index (χ3n) is 2.16. The van der Waals surface area contributed by atoms with Crippen molar-refractivity contribution < 1.29 is 0 Å². The molecular formula is C10H10BrN. The molecule has 0 radical (unpaired) electrons. The second-order valence-electron chi connectivity index (χ2n) is 3.61. The van der Waals surface area contributed by atoms with Crippen molar-refractivity contribution >= 4 is 27.8 Å². The standard InChI is InChI=1S/C10H10BrN/c1-10(2)6-12-8-5-3-4-7(11)9(8)10/h3-6H,1-2H3. The first kappa shape index (κ1) is 7.99. The van der Waals surface area contributed by atoms with E-state index in [1.807, 2.05) is 18.3 Å². The highest BCUT2D eigenvalue weighted by molar-refractivity contribution is 9.10. The molecule has 1 aromatic rings. The molecule has 12 heavy (non-hydrogen) atoms. The van der Waals surface area contributed by atoms with Gasteiger partial charge in [0.1, 0.15) is 0 Å². The monoisotopic (exact) mass is 223 g/mol. The molecule has 1 aliphatic rings. The maximum atomic E-state index is 4.36. The summed E-state index contributed by atoms with van der Waals surface area (Å²) in [6.07, 6.45) is 2.00. The fraction of sp³-hybridized carbons (Fsp3) is 0.300. The summed E-state index contributed by atoms with van der Waals surface area (Å²) >= 11 is 3.54. The Labute approximate surface area is 80.6 Å². The lowest BCUT2D eigenvalue weighted by Crippen LogP contribution is -2.15. The van der Waals surface area contributed by atoms with Gasteiger partial charge in [0.2, 0.25) is 0 Å². The van der Waals surface area contributed by atoms with E-state index in [2.05, 4.69) is 40.8 Å². The van der Waals surface area contributed by atoms with Gasteiger partial charge in [-0.25, -0.2) is 0 Å². The predicted molar refractivity (Wildman–Crippen MR) is 55.3 cm³/mol. The Balaban J connectivity index is 2.70. The highest BCUT2D eigenvalue weighted by atomic mass is 79.9. The minimum Gasteiger partial charge on any atom is -0.260 e. The first-order valence-corrected chi connectivity index (χ1v) is 4.75. The second kappa shape index (κ2) is 2.43. The number of aliphatic imine (C=N–C) groups is 1. The van der Waals surface area contributed by atoms with Crippen LogP contribution < -0.4 is 0 Å². The van der Waals surface area contributed by atoms with Crippen molar-refractivity contribution in [1.82, 2.24) is 0 Å².